The Morgan fingerprint density at radius 3 is 2.69 bits per heavy atom. The zero-order chi connectivity index (χ0) is 23.0. The number of phenolic OH excluding ortho intramolecular Hbond substituents is 1. The third-order valence-corrected chi connectivity index (χ3v) is 7.55. The molecule has 1 saturated heterocycles. The van der Waals surface area contributed by atoms with Gasteiger partial charge in [-0.05, 0) is 99.7 Å². The number of nitrogens with two attached hydrogens (primary N) is 1. The second kappa shape index (κ2) is 8.74. The molecule has 1 aliphatic carbocycles. The molecule has 32 heavy (non-hydrogen) atoms. The number of likely N-dealkylation sites (tertiary alicyclic amines) is 1. The predicted molar refractivity (Wildman–Crippen MR) is 126 cm³/mol. The first-order valence-electron chi connectivity index (χ1n) is 11.8. The number of hydrogen-bond donors (Lipinski definition) is 3. The molecule has 4 N–H and O–H groups in total. The average molecular weight is 438 g/mol. The van der Waals surface area contributed by atoms with Gasteiger partial charge in [0.05, 0.1) is 0 Å². The van der Waals surface area contributed by atoms with E-state index in [-0.39, 0.29) is 16.7 Å². The molecule has 1 amide bonds. The molecule has 0 radical (unpaired) electrons. The minimum Gasteiger partial charge on any atom is -0.508 e. The van der Waals surface area contributed by atoms with Crippen LogP contribution in [0.15, 0.2) is 29.1 Å². The Hall–Kier alpha value is -2.60. The lowest BCUT2D eigenvalue weighted by molar-refractivity contribution is 0.0960. The van der Waals surface area contributed by atoms with E-state index in [2.05, 4.69) is 23.7 Å². The van der Waals surface area contributed by atoms with Gasteiger partial charge in [-0.3, -0.25) is 9.59 Å². The Morgan fingerprint density at radius 1 is 1.31 bits per heavy atom. The van der Waals surface area contributed by atoms with Crippen LogP contribution < -0.4 is 11.3 Å². The molecular formula is C26H35N3O3. The number of phenols is 1. The molecule has 1 aromatic heterocycles. The highest BCUT2D eigenvalue weighted by atomic mass is 16.3. The van der Waals surface area contributed by atoms with E-state index in [4.69, 9.17) is 5.73 Å². The molecule has 0 bridgehead atoms. The molecule has 1 saturated carbocycles. The molecule has 6 nitrogen and oxygen atoms in total. The van der Waals surface area contributed by atoms with Gasteiger partial charge < -0.3 is 20.7 Å². The van der Waals surface area contributed by atoms with Crippen LogP contribution in [0.25, 0.3) is 0 Å². The van der Waals surface area contributed by atoms with Crippen LogP contribution in [0.4, 0.5) is 0 Å². The van der Waals surface area contributed by atoms with E-state index < -0.39 is 11.5 Å². The summed E-state index contributed by atoms with van der Waals surface area (Å²) in [5.41, 5.74) is 8.92. The molecule has 0 spiro atoms. The number of H-pyrrole nitrogens is 1. The largest absolute Gasteiger partial charge is 0.508 e. The number of carbonyl (C=O) groups excluding carboxylic acids is 1. The van der Waals surface area contributed by atoms with Gasteiger partial charge in [0.15, 0.2) is 0 Å². The molecule has 2 aromatic rings. The quantitative estimate of drug-likeness (QED) is 0.618. The maximum Gasteiger partial charge on any atom is 0.261 e. The van der Waals surface area contributed by atoms with Gasteiger partial charge >= 0.3 is 0 Å². The maximum atomic E-state index is 12.6. The average Bonchev–Trinajstić information content (AvgIpc) is 3.56. The minimum absolute atomic E-state index is 0.0146. The van der Waals surface area contributed by atoms with Gasteiger partial charge in [0.25, 0.3) is 11.5 Å². The molecule has 6 heteroatoms. The van der Waals surface area contributed by atoms with Crippen LogP contribution >= 0.6 is 0 Å². The van der Waals surface area contributed by atoms with Crippen molar-refractivity contribution in [2.75, 3.05) is 13.1 Å². The lowest BCUT2D eigenvalue weighted by Crippen LogP contribution is -2.50. The maximum absolute atomic E-state index is 12.6. The third-order valence-electron chi connectivity index (χ3n) is 7.55. The molecule has 4 rings (SSSR count). The number of aromatic hydroxyl groups is 1. The molecule has 1 aromatic carbocycles. The van der Waals surface area contributed by atoms with Gasteiger partial charge in [-0.1, -0.05) is 13.0 Å². The fourth-order valence-corrected chi connectivity index (χ4v) is 5.57. The second-order valence-corrected chi connectivity index (χ2v) is 9.93. The normalized spacial score (nSPS) is 23.9. The summed E-state index contributed by atoms with van der Waals surface area (Å²) in [5.74, 6) is 0.413. The smallest absolute Gasteiger partial charge is 0.261 e. The molecule has 1 aliphatic heterocycles. The van der Waals surface area contributed by atoms with Crippen LogP contribution in [0.1, 0.15) is 72.3 Å². The van der Waals surface area contributed by atoms with Crippen molar-refractivity contribution in [3.8, 4) is 5.75 Å². The summed E-state index contributed by atoms with van der Waals surface area (Å²) in [7, 11) is 0. The Labute approximate surface area is 189 Å². The number of piperidine rings is 1. The number of nitrogens with zero attached hydrogens (tertiary/aromatic N) is 1. The molecule has 2 unspecified atom stereocenters. The molecule has 2 fully saturated rings. The number of hydrogen-bond acceptors (Lipinski definition) is 4. The van der Waals surface area contributed by atoms with Crippen molar-refractivity contribution in [2.45, 2.75) is 70.8 Å². The van der Waals surface area contributed by atoms with E-state index in [1.54, 1.807) is 12.1 Å². The highest BCUT2D eigenvalue weighted by Gasteiger charge is 2.42. The van der Waals surface area contributed by atoms with Gasteiger partial charge in [-0.15, -0.1) is 0 Å². The van der Waals surface area contributed by atoms with E-state index in [9.17, 15) is 14.7 Å². The number of rotatable bonds is 7. The molecule has 2 aliphatic rings. The first-order chi connectivity index (χ1) is 15.2. The second-order valence-electron chi connectivity index (χ2n) is 9.93. The van der Waals surface area contributed by atoms with Gasteiger partial charge in [0.2, 0.25) is 0 Å². The number of amides is 1. The van der Waals surface area contributed by atoms with Crippen LogP contribution in [0, 0.1) is 12.8 Å². The number of pyridine rings is 1. The molecule has 172 valence electrons. The van der Waals surface area contributed by atoms with Gasteiger partial charge in [0.1, 0.15) is 11.3 Å². The minimum atomic E-state index is -0.701. The van der Waals surface area contributed by atoms with E-state index in [1.807, 2.05) is 19.1 Å². The van der Waals surface area contributed by atoms with Crippen molar-refractivity contribution in [3.63, 3.8) is 0 Å². The summed E-state index contributed by atoms with van der Waals surface area (Å²) in [5, 5.41) is 10.3. The van der Waals surface area contributed by atoms with Crippen LogP contribution in [-0.4, -0.2) is 40.0 Å². The fourth-order valence-electron chi connectivity index (χ4n) is 5.57. The summed E-state index contributed by atoms with van der Waals surface area (Å²) in [6.45, 7) is 8.58. The van der Waals surface area contributed by atoms with Crippen molar-refractivity contribution in [2.24, 2.45) is 11.7 Å². The Bertz CT molecular complexity index is 1070. The number of aromatic amines is 1. The number of carbonyl (C=O) groups is 1. The fraction of sp³-hybridized carbons (Fsp3) is 0.538. The van der Waals surface area contributed by atoms with Crippen molar-refractivity contribution < 1.29 is 9.90 Å². The zero-order valence-electron chi connectivity index (χ0n) is 19.4. The summed E-state index contributed by atoms with van der Waals surface area (Å²) in [6, 6.07) is 7.69. The number of aromatic nitrogens is 1. The van der Waals surface area contributed by atoms with Crippen molar-refractivity contribution in [1.82, 2.24) is 9.88 Å². The monoisotopic (exact) mass is 437 g/mol. The highest BCUT2D eigenvalue weighted by molar-refractivity contribution is 5.92. The summed E-state index contributed by atoms with van der Waals surface area (Å²) >= 11 is 0. The van der Waals surface area contributed by atoms with Gasteiger partial charge in [-0.2, -0.15) is 0 Å². The van der Waals surface area contributed by atoms with E-state index >= 15 is 0 Å². The van der Waals surface area contributed by atoms with E-state index in [1.165, 1.54) is 19.4 Å². The number of aryl methyl sites for hydroxylation is 2. The van der Waals surface area contributed by atoms with Gasteiger partial charge in [0, 0.05) is 23.7 Å². The van der Waals surface area contributed by atoms with Crippen LogP contribution in [0.3, 0.4) is 0 Å². The first-order valence-corrected chi connectivity index (χ1v) is 11.8. The van der Waals surface area contributed by atoms with Crippen molar-refractivity contribution >= 4 is 5.91 Å². The molecular weight excluding hydrogens is 402 g/mol. The van der Waals surface area contributed by atoms with Gasteiger partial charge in [-0.25, -0.2) is 0 Å². The van der Waals surface area contributed by atoms with Crippen molar-refractivity contribution in [1.29, 1.82) is 0 Å². The molecule has 2 heterocycles. The number of nitrogens with one attached hydrogen (secondary N) is 1. The van der Waals surface area contributed by atoms with Crippen molar-refractivity contribution in [3.05, 3.63) is 62.6 Å². The van der Waals surface area contributed by atoms with E-state index in [0.717, 1.165) is 47.7 Å². The summed E-state index contributed by atoms with van der Waals surface area (Å²) in [4.78, 5) is 29.9. The van der Waals surface area contributed by atoms with Crippen LogP contribution in [0.2, 0.25) is 0 Å². The highest BCUT2D eigenvalue weighted by Crippen LogP contribution is 2.44. The zero-order valence-corrected chi connectivity index (χ0v) is 19.4. The summed E-state index contributed by atoms with van der Waals surface area (Å²) in [6.07, 6.45) is 5.95. The standard InChI is InChI=1S/C26H35N3O3/c1-4-19-11-21(24(27)31)25(32)28-23(19)14-26(22-12-20(30)8-5-16(22)2)9-10-29(17(3)13-26)15-18-6-7-18/h5,8,11-12,17-18,30H,4,6-7,9-10,13-15H2,1-3H3,(H2,27,31)(H,28,32). The Balaban J connectivity index is 1.76. The van der Waals surface area contributed by atoms with Crippen LogP contribution in [-0.2, 0) is 18.3 Å². The molecule has 2 atom stereocenters. The Morgan fingerprint density at radius 2 is 2.06 bits per heavy atom. The lowest BCUT2D eigenvalue weighted by atomic mass is 9.66. The Kier molecular flexibility index (Phi) is 6.17. The lowest BCUT2D eigenvalue weighted by Gasteiger charge is -2.47. The topological polar surface area (TPSA) is 99.4 Å². The van der Waals surface area contributed by atoms with Crippen LogP contribution in [0.5, 0.6) is 5.75 Å². The van der Waals surface area contributed by atoms with E-state index in [0.29, 0.717) is 18.9 Å². The number of benzene rings is 1. The number of primary amides is 1. The third kappa shape index (κ3) is 4.46. The SMILES string of the molecule is CCc1cc(C(N)=O)c(=O)[nH]c1CC1(c2cc(O)ccc2C)CCN(CC2CC2)C(C)C1. The predicted octanol–water partition coefficient (Wildman–Crippen LogP) is 3.43. The first kappa shape index (κ1) is 22.6. The summed E-state index contributed by atoms with van der Waals surface area (Å²) < 4.78 is 0.